The third-order valence-electron chi connectivity index (χ3n) is 6.23. The predicted molar refractivity (Wildman–Crippen MR) is 151 cm³/mol. The summed E-state index contributed by atoms with van der Waals surface area (Å²) in [5.74, 6) is 2.18. The van der Waals surface area contributed by atoms with Crippen LogP contribution < -0.4 is 31.8 Å². The normalized spacial score (nSPS) is 10.8. The van der Waals surface area contributed by atoms with Crippen LogP contribution in [0.25, 0.3) is 0 Å². The first-order valence-electron chi connectivity index (χ1n) is 13.5. The van der Waals surface area contributed by atoms with Gasteiger partial charge in [0.05, 0.1) is 27.2 Å². The van der Waals surface area contributed by atoms with Crippen LogP contribution in [0.15, 0.2) is 55.1 Å². The molecule has 6 nitrogen and oxygen atoms in total. The Labute approximate surface area is 239 Å². The van der Waals surface area contributed by atoms with Crippen molar-refractivity contribution in [3.63, 3.8) is 0 Å². The number of para-hydroxylation sites is 1. The van der Waals surface area contributed by atoms with E-state index >= 15 is 0 Å². The first-order chi connectivity index (χ1) is 17.8. The lowest BCUT2D eigenvalue weighted by molar-refractivity contribution is -0.882. The smallest absolute Gasteiger partial charge is 0.275 e. The minimum absolute atomic E-state index is 0. The van der Waals surface area contributed by atoms with Crippen molar-refractivity contribution < 1.29 is 40.5 Å². The number of unbranched alkanes of at least 4 members (excludes halogenated alkanes) is 3. The maximum Gasteiger partial charge on any atom is 0.275 e. The summed E-state index contributed by atoms with van der Waals surface area (Å²) in [4.78, 5) is 24.3. The third-order valence-corrected chi connectivity index (χ3v) is 6.23. The number of hydrogen-bond acceptors (Lipinski definition) is 4. The minimum Gasteiger partial charge on any atom is -1.00 e. The number of likely N-dealkylation sites (N-methyl/N-ethyl adjacent to an activating group) is 1. The first kappa shape index (κ1) is 33.4. The molecule has 2 rings (SSSR count). The van der Waals surface area contributed by atoms with E-state index in [9.17, 15) is 9.59 Å². The number of rotatable bonds is 18. The molecule has 0 saturated carbocycles. The van der Waals surface area contributed by atoms with Crippen molar-refractivity contribution >= 4 is 11.7 Å². The van der Waals surface area contributed by atoms with E-state index in [0.717, 1.165) is 37.9 Å². The van der Waals surface area contributed by atoms with E-state index in [2.05, 4.69) is 32.9 Å². The van der Waals surface area contributed by atoms with Crippen molar-refractivity contribution in [2.45, 2.75) is 58.8 Å². The Balaban J connectivity index is 0.00000722. The SMILES string of the molecule is C=CCc1cccc(Oc2ccc(C(=O)CC)cc2)c1OCCC[N+](C)(C)CC(=O)NCCCCCC.[Br-]. The number of amides is 1. The number of halogens is 1. The largest absolute Gasteiger partial charge is 1.00 e. The van der Waals surface area contributed by atoms with Gasteiger partial charge in [-0.2, -0.15) is 0 Å². The van der Waals surface area contributed by atoms with Crippen LogP contribution in [0.4, 0.5) is 0 Å². The highest BCUT2D eigenvalue weighted by Crippen LogP contribution is 2.35. The second kappa shape index (κ2) is 17.8. The van der Waals surface area contributed by atoms with E-state index in [1.807, 2.05) is 43.3 Å². The summed E-state index contributed by atoms with van der Waals surface area (Å²) in [6.45, 7) is 10.4. The monoisotopic (exact) mass is 588 g/mol. The molecule has 0 aliphatic heterocycles. The fraction of sp³-hybridized carbons (Fsp3) is 0.484. The van der Waals surface area contributed by atoms with Crippen LogP contribution in [0.3, 0.4) is 0 Å². The average Bonchev–Trinajstić information content (AvgIpc) is 2.87. The zero-order chi connectivity index (χ0) is 27.1. The van der Waals surface area contributed by atoms with Crippen molar-refractivity contribution in [3.05, 3.63) is 66.2 Å². The number of carbonyl (C=O) groups is 2. The summed E-state index contributed by atoms with van der Waals surface area (Å²) in [6.07, 6.45) is 8.39. The second-order valence-corrected chi connectivity index (χ2v) is 10.1. The maximum atomic E-state index is 12.4. The molecule has 0 fully saturated rings. The Morgan fingerprint density at radius 3 is 2.39 bits per heavy atom. The Hall–Kier alpha value is -2.64. The topological polar surface area (TPSA) is 64.6 Å². The molecule has 1 N–H and O–H groups in total. The van der Waals surface area contributed by atoms with Gasteiger partial charge in [0.25, 0.3) is 5.91 Å². The molecule has 0 bridgehead atoms. The van der Waals surface area contributed by atoms with E-state index in [1.54, 1.807) is 12.1 Å². The average molecular weight is 590 g/mol. The quantitative estimate of drug-likeness (QED) is 0.125. The van der Waals surface area contributed by atoms with Crippen LogP contribution in [0.1, 0.15) is 68.3 Å². The number of nitrogens with one attached hydrogen (secondary N) is 1. The molecule has 7 heteroatoms. The van der Waals surface area contributed by atoms with Crippen molar-refractivity contribution in [2.75, 3.05) is 40.3 Å². The van der Waals surface area contributed by atoms with E-state index in [0.29, 0.717) is 53.3 Å². The summed E-state index contributed by atoms with van der Waals surface area (Å²) >= 11 is 0. The molecule has 38 heavy (non-hydrogen) atoms. The standard InChI is InChI=1S/C31H44N2O4.BrH/c1-6-9-10-11-21-32-30(35)24-33(4,5)22-13-23-36-31-26(14-7-2)15-12-16-29(31)37-27-19-17-25(18-20-27)28(34)8-3;/h7,12,15-20H,2,6,8-11,13-14,21-24H2,1,3-5H3;1H. The van der Waals surface area contributed by atoms with Gasteiger partial charge in [-0.25, -0.2) is 0 Å². The minimum atomic E-state index is 0. The van der Waals surface area contributed by atoms with E-state index in [4.69, 9.17) is 9.47 Å². The fourth-order valence-electron chi connectivity index (χ4n) is 4.13. The molecular weight excluding hydrogens is 544 g/mol. The van der Waals surface area contributed by atoms with Gasteiger partial charge in [0.1, 0.15) is 5.75 Å². The van der Waals surface area contributed by atoms with Crippen molar-refractivity contribution in [3.8, 4) is 17.2 Å². The maximum absolute atomic E-state index is 12.4. The number of ether oxygens (including phenoxy) is 2. The van der Waals surface area contributed by atoms with Gasteiger partial charge in [-0.15, -0.1) is 6.58 Å². The molecule has 0 atom stereocenters. The highest BCUT2D eigenvalue weighted by molar-refractivity contribution is 5.95. The Morgan fingerprint density at radius 2 is 1.74 bits per heavy atom. The molecule has 2 aromatic rings. The fourth-order valence-corrected chi connectivity index (χ4v) is 4.13. The first-order valence-corrected chi connectivity index (χ1v) is 13.5. The number of hydrogen-bond donors (Lipinski definition) is 1. The van der Waals surface area contributed by atoms with Gasteiger partial charge in [-0.3, -0.25) is 9.59 Å². The van der Waals surface area contributed by atoms with E-state index < -0.39 is 0 Å². The number of Topliss-reactive ketones (excluding diaryl/α,β-unsaturated/α-hetero) is 1. The highest BCUT2D eigenvalue weighted by Gasteiger charge is 2.20. The zero-order valence-electron chi connectivity index (χ0n) is 23.6. The molecule has 0 radical (unpaired) electrons. The Morgan fingerprint density at radius 1 is 1.00 bits per heavy atom. The summed E-state index contributed by atoms with van der Waals surface area (Å²) in [6, 6.07) is 13.0. The van der Waals surface area contributed by atoms with E-state index in [1.165, 1.54) is 12.8 Å². The third kappa shape index (κ3) is 11.8. The Kier molecular flexibility index (Phi) is 15.6. The lowest BCUT2D eigenvalue weighted by atomic mass is 10.1. The molecule has 0 aliphatic rings. The van der Waals surface area contributed by atoms with Gasteiger partial charge in [-0.05, 0) is 43.2 Å². The summed E-state index contributed by atoms with van der Waals surface area (Å²) in [7, 11) is 4.15. The van der Waals surface area contributed by atoms with Gasteiger partial charge < -0.3 is 36.3 Å². The molecule has 0 unspecified atom stereocenters. The molecule has 0 heterocycles. The van der Waals surface area contributed by atoms with Gasteiger partial charge in [-0.1, -0.05) is 51.3 Å². The molecule has 0 aliphatic carbocycles. The molecule has 0 spiro atoms. The van der Waals surface area contributed by atoms with Gasteiger partial charge >= 0.3 is 0 Å². The van der Waals surface area contributed by atoms with Crippen LogP contribution in [0.2, 0.25) is 0 Å². The molecule has 0 saturated heterocycles. The number of benzene rings is 2. The number of carbonyl (C=O) groups excluding carboxylic acids is 2. The molecule has 0 aromatic heterocycles. The lowest BCUT2D eigenvalue weighted by Gasteiger charge is -2.29. The lowest BCUT2D eigenvalue weighted by Crippen LogP contribution is -3.00. The molecule has 210 valence electrons. The predicted octanol–water partition coefficient (Wildman–Crippen LogP) is 3.35. The van der Waals surface area contributed by atoms with Crippen LogP contribution >= 0.6 is 0 Å². The molecule has 2 aromatic carbocycles. The van der Waals surface area contributed by atoms with Crippen LogP contribution in [0.5, 0.6) is 17.2 Å². The number of allylic oxidation sites excluding steroid dienone is 1. The van der Waals surface area contributed by atoms with Crippen LogP contribution in [-0.4, -0.2) is 56.5 Å². The van der Waals surface area contributed by atoms with Gasteiger partial charge in [0.2, 0.25) is 0 Å². The summed E-state index contributed by atoms with van der Waals surface area (Å²) < 4.78 is 13.0. The van der Waals surface area contributed by atoms with E-state index in [-0.39, 0.29) is 28.7 Å². The van der Waals surface area contributed by atoms with Crippen molar-refractivity contribution in [1.29, 1.82) is 0 Å². The molecule has 1 amide bonds. The van der Waals surface area contributed by atoms with Crippen molar-refractivity contribution in [2.24, 2.45) is 0 Å². The van der Waals surface area contributed by atoms with Crippen LogP contribution in [-0.2, 0) is 11.2 Å². The number of ketones is 1. The summed E-state index contributed by atoms with van der Waals surface area (Å²) in [5.41, 5.74) is 1.68. The number of quaternary nitrogens is 1. The summed E-state index contributed by atoms with van der Waals surface area (Å²) in [5, 5.41) is 3.05. The second-order valence-electron chi connectivity index (χ2n) is 10.1. The van der Waals surface area contributed by atoms with Gasteiger partial charge in [0, 0.05) is 30.5 Å². The van der Waals surface area contributed by atoms with Crippen molar-refractivity contribution in [1.82, 2.24) is 5.32 Å². The zero-order valence-corrected chi connectivity index (χ0v) is 25.1. The number of nitrogens with zero attached hydrogens (tertiary/aromatic N) is 1. The Bertz CT molecular complexity index is 1010. The molecular formula is C31H45BrN2O4. The highest BCUT2D eigenvalue weighted by atomic mass is 79.9. The van der Waals surface area contributed by atoms with Crippen LogP contribution in [0, 0.1) is 0 Å². The van der Waals surface area contributed by atoms with Gasteiger partial charge in [0.15, 0.2) is 23.8 Å².